The van der Waals surface area contributed by atoms with Gasteiger partial charge in [0, 0.05) is 6.10 Å². The summed E-state index contributed by atoms with van der Waals surface area (Å²) < 4.78 is 42.2. The topological polar surface area (TPSA) is 27.7 Å². The van der Waals surface area contributed by atoms with Crippen molar-refractivity contribution in [1.29, 1.82) is 0 Å². The average molecular weight is 292 g/mol. The smallest absolute Gasteiger partial charge is 0.501 e. The Morgan fingerprint density at radius 1 is 0.762 bits per heavy atom. The second-order valence-corrected chi connectivity index (χ2v) is 4.62. The molecule has 6 heteroatoms. The lowest BCUT2D eigenvalue weighted by atomic mass is 10.2. The van der Waals surface area contributed by atoms with Gasteiger partial charge in [-0.2, -0.15) is 0 Å². The third kappa shape index (κ3) is 5.08. The maximum absolute atomic E-state index is 12.9. The van der Waals surface area contributed by atoms with E-state index >= 15 is 0 Å². The minimum Gasteiger partial charge on any atom is -0.501 e. The molecule has 0 saturated heterocycles. The number of hydrogen-bond acceptors (Lipinski definition) is 3. The monoisotopic (exact) mass is 292 g/mol. The van der Waals surface area contributed by atoms with Crippen LogP contribution in [0, 0.1) is 11.6 Å². The summed E-state index contributed by atoms with van der Waals surface area (Å²) in [4.78, 5) is 0. The van der Waals surface area contributed by atoms with Crippen LogP contribution in [0.25, 0.3) is 0 Å². The molecule has 0 aliphatic heterocycles. The average Bonchev–Trinajstić information content (AvgIpc) is 2.43. The van der Waals surface area contributed by atoms with E-state index in [-0.39, 0.29) is 17.7 Å². The summed E-state index contributed by atoms with van der Waals surface area (Å²) in [5.41, 5.74) is 0. The van der Waals surface area contributed by atoms with Crippen LogP contribution in [0.5, 0.6) is 11.5 Å². The van der Waals surface area contributed by atoms with Crippen LogP contribution in [0.15, 0.2) is 48.5 Å². The molecule has 0 spiro atoms. The quantitative estimate of drug-likeness (QED) is 0.757. The highest BCUT2D eigenvalue weighted by molar-refractivity contribution is 6.38. The van der Waals surface area contributed by atoms with Crippen molar-refractivity contribution in [2.45, 2.75) is 20.0 Å². The highest BCUT2D eigenvalue weighted by Gasteiger charge is 2.28. The molecular weight excluding hydrogens is 277 g/mol. The van der Waals surface area contributed by atoms with Crippen LogP contribution in [-0.2, 0) is 4.65 Å². The van der Waals surface area contributed by atoms with Crippen molar-refractivity contribution in [3.05, 3.63) is 60.2 Å². The lowest BCUT2D eigenvalue weighted by Crippen LogP contribution is -2.36. The molecule has 21 heavy (non-hydrogen) atoms. The lowest BCUT2D eigenvalue weighted by Gasteiger charge is -2.17. The molecule has 0 aliphatic rings. The van der Waals surface area contributed by atoms with Gasteiger partial charge in [0.15, 0.2) is 0 Å². The van der Waals surface area contributed by atoms with E-state index in [2.05, 4.69) is 0 Å². The van der Waals surface area contributed by atoms with Crippen LogP contribution in [0.1, 0.15) is 13.8 Å². The second-order valence-electron chi connectivity index (χ2n) is 4.62. The minimum atomic E-state index is -1.01. The van der Waals surface area contributed by atoms with Gasteiger partial charge in [0.05, 0.1) is 0 Å². The van der Waals surface area contributed by atoms with Crippen LogP contribution in [-0.4, -0.2) is 13.4 Å². The summed E-state index contributed by atoms with van der Waals surface area (Å²) in [5, 5.41) is 0. The van der Waals surface area contributed by atoms with E-state index in [1.165, 1.54) is 48.5 Å². The standard InChI is InChI=1S/C15H15BF2O3/c1-11(2)19-16(20-14-7-3-12(17)4-8-14)21-15-9-5-13(18)6-10-15/h3-11H,1-2H3. The van der Waals surface area contributed by atoms with Crippen molar-refractivity contribution in [2.24, 2.45) is 0 Å². The zero-order chi connectivity index (χ0) is 15.2. The first-order valence-electron chi connectivity index (χ1n) is 6.53. The molecule has 0 radical (unpaired) electrons. The molecule has 0 aromatic heterocycles. The Morgan fingerprint density at radius 3 is 1.48 bits per heavy atom. The summed E-state index contributed by atoms with van der Waals surface area (Å²) in [6.07, 6.45) is -0.143. The van der Waals surface area contributed by atoms with Crippen molar-refractivity contribution < 1.29 is 22.7 Å². The maximum Gasteiger partial charge on any atom is 0.788 e. The van der Waals surface area contributed by atoms with Crippen molar-refractivity contribution >= 4 is 7.32 Å². The highest BCUT2D eigenvalue weighted by atomic mass is 19.1. The second kappa shape index (κ2) is 7.08. The normalized spacial score (nSPS) is 10.5. The molecule has 0 bridgehead atoms. The summed E-state index contributed by atoms with van der Waals surface area (Å²) >= 11 is 0. The van der Waals surface area contributed by atoms with Gasteiger partial charge in [0.1, 0.15) is 23.1 Å². The van der Waals surface area contributed by atoms with Crippen molar-refractivity contribution in [2.75, 3.05) is 0 Å². The van der Waals surface area contributed by atoms with E-state index in [1.807, 2.05) is 13.8 Å². The molecule has 2 aromatic rings. The van der Waals surface area contributed by atoms with Crippen LogP contribution in [0.2, 0.25) is 0 Å². The number of benzene rings is 2. The molecule has 0 N–H and O–H groups in total. The molecule has 0 atom stereocenters. The van der Waals surface area contributed by atoms with Gasteiger partial charge in [0.2, 0.25) is 0 Å². The van der Waals surface area contributed by atoms with Gasteiger partial charge in [-0.3, -0.25) is 0 Å². The zero-order valence-electron chi connectivity index (χ0n) is 11.8. The Labute approximate surface area is 122 Å². The van der Waals surface area contributed by atoms with Crippen molar-refractivity contribution in [3.63, 3.8) is 0 Å². The molecule has 0 heterocycles. The number of hydrogen-bond donors (Lipinski definition) is 0. The molecule has 0 fully saturated rings. The molecular formula is C15H15BF2O3. The minimum absolute atomic E-state index is 0.143. The molecule has 110 valence electrons. The van der Waals surface area contributed by atoms with Gasteiger partial charge in [-0.15, -0.1) is 0 Å². The van der Waals surface area contributed by atoms with Gasteiger partial charge >= 0.3 is 7.32 Å². The third-order valence-corrected chi connectivity index (χ3v) is 2.48. The molecule has 3 nitrogen and oxygen atoms in total. The van der Waals surface area contributed by atoms with Crippen LogP contribution < -0.4 is 9.31 Å². The summed E-state index contributed by atoms with van der Waals surface area (Å²) in [6.45, 7) is 3.66. The fraction of sp³-hybridized carbons (Fsp3) is 0.200. The van der Waals surface area contributed by atoms with Gasteiger partial charge in [-0.05, 0) is 62.4 Å². The molecule has 2 aromatic carbocycles. The van der Waals surface area contributed by atoms with Gasteiger partial charge < -0.3 is 14.0 Å². The Bertz CT molecular complexity index is 511. The zero-order valence-corrected chi connectivity index (χ0v) is 11.8. The number of rotatable bonds is 6. The van der Waals surface area contributed by atoms with E-state index in [1.54, 1.807) is 0 Å². The Hall–Kier alpha value is -2.08. The van der Waals surface area contributed by atoms with E-state index in [4.69, 9.17) is 14.0 Å². The predicted molar refractivity (Wildman–Crippen MR) is 76.0 cm³/mol. The molecule has 0 aliphatic carbocycles. The Kier molecular flexibility index (Phi) is 5.17. The predicted octanol–water partition coefficient (Wildman–Crippen LogP) is 3.83. The van der Waals surface area contributed by atoms with Gasteiger partial charge in [-0.1, -0.05) is 0 Å². The molecule has 0 unspecified atom stereocenters. The highest BCUT2D eigenvalue weighted by Crippen LogP contribution is 2.17. The van der Waals surface area contributed by atoms with Crippen molar-refractivity contribution in [1.82, 2.24) is 0 Å². The van der Waals surface area contributed by atoms with E-state index in [9.17, 15) is 8.78 Å². The summed E-state index contributed by atoms with van der Waals surface area (Å²) in [5.74, 6) is 0.0968. The lowest BCUT2D eigenvalue weighted by molar-refractivity contribution is 0.154. The molecule has 0 amide bonds. The van der Waals surface area contributed by atoms with E-state index in [0.29, 0.717) is 11.5 Å². The first-order valence-corrected chi connectivity index (χ1v) is 6.53. The van der Waals surface area contributed by atoms with Crippen LogP contribution >= 0.6 is 0 Å². The largest absolute Gasteiger partial charge is 0.788 e. The third-order valence-electron chi connectivity index (χ3n) is 2.48. The first kappa shape index (κ1) is 15.3. The molecule has 2 rings (SSSR count). The Balaban J connectivity index is 2.06. The maximum atomic E-state index is 12.9. The van der Waals surface area contributed by atoms with Gasteiger partial charge in [0.25, 0.3) is 0 Å². The number of halogens is 2. The van der Waals surface area contributed by atoms with Crippen LogP contribution in [0.4, 0.5) is 8.78 Å². The fourth-order valence-corrected chi connectivity index (χ4v) is 1.55. The van der Waals surface area contributed by atoms with Crippen LogP contribution in [0.3, 0.4) is 0 Å². The van der Waals surface area contributed by atoms with Gasteiger partial charge in [-0.25, -0.2) is 8.78 Å². The van der Waals surface area contributed by atoms with Crippen molar-refractivity contribution in [3.8, 4) is 11.5 Å². The molecule has 0 saturated carbocycles. The van der Waals surface area contributed by atoms with E-state index in [0.717, 1.165) is 0 Å². The summed E-state index contributed by atoms with van der Waals surface area (Å²) in [7, 11) is -1.01. The Morgan fingerprint density at radius 2 is 1.14 bits per heavy atom. The SMILES string of the molecule is CC(C)OB(Oc1ccc(F)cc1)Oc1ccc(F)cc1. The van der Waals surface area contributed by atoms with E-state index < -0.39 is 7.32 Å². The fourth-order valence-electron chi connectivity index (χ4n) is 1.55. The first-order chi connectivity index (χ1) is 10.0. The summed E-state index contributed by atoms with van der Waals surface area (Å²) in [6, 6.07) is 11.0.